The molecule has 0 aliphatic carbocycles. The van der Waals surface area contributed by atoms with Gasteiger partial charge in [-0.05, 0) is 62.2 Å². The van der Waals surface area contributed by atoms with E-state index < -0.39 is 23.0 Å². The number of halogens is 2. The number of esters is 2. The van der Waals surface area contributed by atoms with Gasteiger partial charge in [-0.25, -0.2) is 4.79 Å². The normalized spacial score (nSPS) is 11.0. The zero-order valence-corrected chi connectivity index (χ0v) is 19.9. The van der Waals surface area contributed by atoms with Crippen molar-refractivity contribution >= 4 is 57.8 Å². The summed E-state index contributed by atoms with van der Waals surface area (Å²) in [7, 11) is 0. The van der Waals surface area contributed by atoms with Crippen LogP contribution in [0.25, 0.3) is 0 Å². The smallest absolute Gasteiger partial charge is 0.338 e. The SMILES string of the molecule is CC(=O)c1cc(C(C)=O)cc(S(=O)[O-])c1.CCOC(=O)c1cc(Cl)c(OC(C)=O)c(Cl)c1. The summed E-state index contributed by atoms with van der Waals surface area (Å²) in [5.74, 6) is -1.59. The van der Waals surface area contributed by atoms with Crippen molar-refractivity contribution in [3.05, 3.63) is 57.1 Å². The van der Waals surface area contributed by atoms with Crippen molar-refractivity contribution in [1.82, 2.24) is 0 Å². The predicted octanol–water partition coefficient (Wildman–Crippen LogP) is 4.43. The van der Waals surface area contributed by atoms with Crippen molar-refractivity contribution < 1.29 is 37.4 Å². The van der Waals surface area contributed by atoms with E-state index in [0.29, 0.717) is 0 Å². The maximum atomic E-state index is 11.4. The zero-order valence-electron chi connectivity index (χ0n) is 17.5. The molecule has 0 bridgehead atoms. The second-order valence-electron chi connectivity index (χ2n) is 6.18. The minimum absolute atomic E-state index is 0.0360. The lowest BCUT2D eigenvalue weighted by Gasteiger charge is -2.08. The van der Waals surface area contributed by atoms with Crippen LogP contribution in [0, 0.1) is 0 Å². The molecule has 32 heavy (non-hydrogen) atoms. The van der Waals surface area contributed by atoms with Gasteiger partial charge in [-0.2, -0.15) is 0 Å². The van der Waals surface area contributed by atoms with Crippen LogP contribution in [0.3, 0.4) is 0 Å². The first kappa shape index (κ1) is 27.4. The van der Waals surface area contributed by atoms with Gasteiger partial charge in [-0.1, -0.05) is 23.2 Å². The standard InChI is InChI=1S/C11H10Cl2O4.C10H10O4S/c1-3-16-11(15)7-4-8(12)10(9(13)5-7)17-6(2)14;1-6(11)8-3-9(7(2)12)5-10(4-8)15(13)14/h4-5H,3H2,1-2H3;3-5H,1-2H3,(H,13,14)/p-1. The molecule has 0 saturated carbocycles. The van der Waals surface area contributed by atoms with Crippen molar-refractivity contribution in [2.24, 2.45) is 0 Å². The van der Waals surface area contributed by atoms with Crippen molar-refractivity contribution in [2.75, 3.05) is 6.61 Å². The van der Waals surface area contributed by atoms with E-state index in [4.69, 9.17) is 32.7 Å². The Bertz CT molecular complexity index is 979. The number of ether oxygens (including phenoxy) is 2. The maximum Gasteiger partial charge on any atom is 0.338 e. The van der Waals surface area contributed by atoms with Gasteiger partial charge in [0.1, 0.15) is 0 Å². The highest BCUT2D eigenvalue weighted by Gasteiger charge is 2.16. The number of rotatable bonds is 6. The number of Topliss-reactive ketones (excluding diaryl/α,β-unsaturated/α-hetero) is 2. The minimum Gasteiger partial charge on any atom is -0.768 e. The van der Waals surface area contributed by atoms with Crippen LogP contribution in [0.2, 0.25) is 10.0 Å². The molecule has 0 spiro atoms. The van der Waals surface area contributed by atoms with Crippen LogP contribution in [0.15, 0.2) is 35.2 Å². The van der Waals surface area contributed by atoms with Gasteiger partial charge in [0.25, 0.3) is 0 Å². The van der Waals surface area contributed by atoms with E-state index in [9.17, 15) is 27.9 Å². The summed E-state index contributed by atoms with van der Waals surface area (Å²) in [5, 5.41) is 0.159. The molecule has 0 saturated heterocycles. The van der Waals surface area contributed by atoms with Gasteiger partial charge in [-0.15, -0.1) is 0 Å². The second kappa shape index (κ2) is 12.4. The van der Waals surface area contributed by atoms with Crippen LogP contribution in [-0.4, -0.2) is 38.9 Å². The number of benzene rings is 2. The van der Waals surface area contributed by atoms with Gasteiger partial charge >= 0.3 is 11.9 Å². The third-order valence-corrected chi connectivity index (χ3v) is 4.85. The Balaban J connectivity index is 0.000000323. The summed E-state index contributed by atoms with van der Waals surface area (Å²) < 4.78 is 31.1. The van der Waals surface area contributed by atoms with Crippen molar-refractivity contribution in [3.8, 4) is 5.75 Å². The molecule has 0 aliphatic heterocycles. The molecule has 2 aromatic carbocycles. The van der Waals surface area contributed by atoms with E-state index in [1.807, 2.05) is 0 Å². The lowest BCUT2D eigenvalue weighted by Crippen LogP contribution is -2.07. The number of hydrogen-bond donors (Lipinski definition) is 0. The number of hydrogen-bond acceptors (Lipinski definition) is 8. The van der Waals surface area contributed by atoms with Gasteiger partial charge in [0.05, 0.1) is 22.2 Å². The van der Waals surface area contributed by atoms with Crippen LogP contribution < -0.4 is 4.74 Å². The van der Waals surface area contributed by atoms with Gasteiger partial charge in [0.2, 0.25) is 0 Å². The maximum absolute atomic E-state index is 11.4. The average molecular weight is 502 g/mol. The number of carbonyl (C=O) groups is 4. The fraction of sp³-hybridized carbons (Fsp3) is 0.238. The molecular formula is C21H19Cl2O8S-. The first-order chi connectivity index (χ1) is 14.9. The van der Waals surface area contributed by atoms with Crippen molar-refractivity contribution in [3.63, 3.8) is 0 Å². The minimum atomic E-state index is -2.44. The molecule has 0 amide bonds. The van der Waals surface area contributed by atoms with Gasteiger partial charge in [0.15, 0.2) is 17.3 Å². The van der Waals surface area contributed by atoms with E-state index in [0.717, 1.165) is 0 Å². The molecule has 2 rings (SSSR count). The molecule has 172 valence electrons. The molecule has 1 unspecified atom stereocenters. The Morgan fingerprint density at radius 2 is 1.34 bits per heavy atom. The molecule has 1 atom stereocenters. The highest BCUT2D eigenvalue weighted by molar-refractivity contribution is 7.79. The summed E-state index contributed by atoms with van der Waals surface area (Å²) in [5.41, 5.74) is 0.654. The van der Waals surface area contributed by atoms with Gasteiger partial charge < -0.3 is 14.0 Å². The van der Waals surface area contributed by atoms with Gasteiger partial charge in [-0.3, -0.25) is 18.6 Å². The summed E-state index contributed by atoms with van der Waals surface area (Å²) in [6.07, 6.45) is 0. The molecular weight excluding hydrogens is 483 g/mol. The van der Waals surface area contributed by atoms with Crippen LogP contribution in [0.4, 0.5) is 0 Å². The molecule has 0 heterocycles. The fourth-order valence-corrected chi connectivity index (χ4v) is 3.25. The van der Waals surface area contributed by atoms with E-state index in [-0.39, 0.29) is 55.6 Å². The highest BCUT2D eigenvalue weighted by atomic mass is 35.5. The number of ketones is 2. The lowest BCUT2D eigenvalue weighted by atomic mass is 10.1. The van der Waals surface area contributed by atoms with E-state index in [2.05, 4.69) is 0 Å². The molecule has 11 heteroatoms. The van der Waals surface area contributed by atoms with Crippen molar-refractivity contribution in [1.29, 1.82) is 0 Å². The zero-order chi connectivity index (χ0) is 24.6. The molecule has 0 radical (unpaired) electrons. The topological polar surface area (TPSA) is 127 Å². The molecule has 0 fully saturated rings. The molecule has 0 N–H and O–H groups in total. The monoisotopic (exact) mass is 501 g/mol. The summed E-state index contributed by atoms with van der Waals surface area (Å²) in [6.45, 7) is 5.80. The Kier molecular flexibility index (Phi) is 10.7. The Morgan fingerprint density at radius 3 is 1.69 bits per heavy atom. The van der Waals surface area contributed by atoms with Crippen LogP contribution in [0.5, 0.6) is 5.75 Å². The third kappa shape index (κ3) is 8.16. The summed E-state index contributed by atoms with van der Waals surface area (Å²) in [6, 6.07) is 6.56. The van der Waals surface area contributed by atoms with Crippen LogP contribution in [-0.2, 0) is 20.6 Å². The summed E-state index contributed by atoms with van der Waals surface area (Å²) in [4.78, 5) is 44.4. The van der Waals surface area contributed by atoms with Gasteiger partial charge in [0, 0.05) is 22.9 Å². The lowest BCUT2D eigenvalue weighted by molar-refractivity contribution is -0.131. The predicted molar refractivity (Wildman–Crippen MR) is 117 cm³/mol. The largest absolute Gasteiger partial charge is 0.768 e. The Hall–Kier alpha value is -2.59. The molecule has 8 nitrogen and oxygen atoms in total. The Labute approximate surface area is 197 Å². The van der Waals surface area contributed by atoms with E-state index >= 15 is 0 Å². The highest BCUT2D eigenvalue weighted by Crippen LogP contribution is 2.34. The quantitative estimate of drug-likeness (QED) is 0.246. The first-order valence-electron chi connectivity index (χ1n) is 8.98. The third-order valence-electron chi connectivity index (χ3n) is 3.67. The van der Waals surface area contributed by atoms with Crippen LogP contribution >= 0.6 is 23.2 Å². The van der Waals surface area contributed by atoms with E-state index in [1.165, 1.54) is 51.1 Å². The number of carbonyl (C=O) groups excluding carboxylic acids is 4. The fourth-order valence-electron chi connectivity index (χ4n) is 2.24. The molecule has 2 aromatic rings. The molecule has 0 aromatic heterocycles. The Morgan fingerprint density at radius 1 is 0.875 bits per heavy atom. The second-order valence-corrected chi connectivity index (χ2v) is 7.93. The first-order valence-corrected chi connectivity index (χ1v) is 10.8. The average Bonchev–Trinajstić information content (AvgIpc) is 2.70. The van der Waals surface area contributed by atoms with Crippen LogP contribution in [0.1, 0.15) is 58.8 Å². The van der Waals surface area contributed by atoms with Crippen molar-refractivity contribution in [2.45, 2.75) is 32.6 Å². The van der Waals surface area contributed by atoms with E-state index in [1.54, 1.807) is 6.92 Å². The molecule has 0 aliphatic rings. The summed E-state index contributed by atoms with van der Waals surface area (Å²) >= 11 is 9.27.